The summed E-state index contributed by atoms with van der Waals surface area (Å²) in [5.41, 5.74) is 1.36. The van der Waals surface area contributed by atoms with Crippen molar-refractivity contribution in [1.29, 1.82) is 0 Å². The monoisotopic (exact) mass is 500 g/mol. The van der Waals surface area contributed by atoms with Crippen molar-refractivity contribution < 1.29 is 28.8 Å². The summed E-state index contributed by atoms with van der Waals surface area (Å²) in [5, 5.41) is 10.8. The van der Waals surface area contributed by atoms with Crippen LogP contribution < -0.4 is 9.64 Å². The summed E-state index contributed by atoms with van der Waals surface area (Å²) in [4.78, 5) is 50.0. The standard InChI is InChI=1S/C28H24N2O7/c31-26-24-6-1-2-7-25(24)27(32)29(26)21-5-3-4-19(16-21)28(33)36-17-18-8-12-22(13-9-18)37-23-14-10-20(11-15-23)30(34)35/h3-5,8-16,24-25H,1-2,6-7,17H2/t24-,25-/m0/s1. The number of fused-ring (bicyclic) bond motifs is 1. The summed E-state index contributed by atoms with van der Waals surface area (Å²) >= 11 is 0. The fraction of sp³-hybridized carbons (Fsp3) is 0.250. The van der Waals surface area contributed by atoms with E-state index in [-0.39, 0.29) is 41.5 Å². The number of nitro benzene ring substituents is 1. The molecule has 0 bridgehead atoms. The number of nitrogens with zero attached hydrogens (tertiary/aromatic N) is 2. The number of hydrogen-bond acceptors (Lipinski definition) is 7. The number of nitro groups is 1. The molecule has 1 saturated carbocycles. The highest BCUT2D eigenvalue weighted by Gasteiger charge is 2.48. The molecule has 9 heteroatoms. The van der Waals surface area contributed by atoms with Gasteiger partial charge in [-0.15, -0.1) is 0 Å². The summed E-state index contributed by atoms with van der Waals surface area (Å²) in [6, 6.07) is 19.1. The molecule has 188 valence electrons. The van der Waals surface area contributed by atoms with E-state index in [9.17, 15) is 24.5 Å². The average molecular weight is 501 g/mol. The van der Waals surface area contributed by atoms with Crippen LogP contribution in [0.5, 0.6) is 11.5 Å². The van der Waals surface area contributed by atoms with E-state index in [1.54, 1.807) is 42.5 Å². The number of carbonyl (C=O) groups is 3. The van der Waals surface area contributed by atoms with Crippen molar-refractivity contribution in [3.8, 4) is 11.5 Å². The van der Waals surface area contributed by atoms with E-state index in [4.69, 9.17) is 9.47 Å². The highest BCUT2D eigenvalue weighted by atomic mass is 16.6. The average Bonchev–Trinajstić information content (AvgIpc) is 3.18. The normalized spacial score (nSPS) is 18.9. The first-order valence-corrected chi connectivity index (χ1v) is 12.1. The third-order valence-electron chi connectivity index (χ3n) is 6.76. The Hall–Kier alpha value is -4.53. The van der Waals surface area contributed by atoms with Gasteiger partial charge in [0.15, 0.2) is 0 Å². The molecule has 3 aromatic rings. The quantitative estimate of drug-likeness (QED) is 0.184. The molecule has 5 rings (SSSR count). The zero-order valence-corrected chi connectivity index (χ0v) is 19.9. The van der Waals surface area contributed by atoms with E-state index in [2.05, 4.69) is 0 Å². The van der Waals surface area contributed by atoms with Gasteiger partial charge >= 0.3 is 5.97 Å². The fourth-order valence-corrected chi connectivity index (χ4v) is 4.85. The van der Waals surface area contributed by atoms with Crippen molar-refractivity contribution in [2.24, 2.45) is 11.8 Å². The second-order valence-electron chi connectivity index (χ2n) is 9.13. The zero-order valence-electron chi connectivity index (χ0n) is 19.9. The molecule has 2 fully saturated rings. The molecule has 0 spiro atoms. The van der Waals surface area contributed by atoms with Gasteiger partial charge in [-0.3, -0.25) is 24.6 Å². The molecular weight excluding hydrogens is 476 g/mol. The summed E-state index contributed by atoms with van der Waals surface area (Å²) in [7, 11) is 0. The molecule has 3 aromatic carbocycles. The van der Waals surface area contributed by atoms with Crippen molar-refractivity contribution >= 4 is 29.2 Å². The van der Waals surface area contributed by atoms with Crippen molar-refractivity contribution in [3.05, 3.63) is 94.0 Å². The van der Waals surface area contributed by atoms with Gasteiger partial charge in [0.1, 0.15) is 18.1 Å². The second-order valence-corrected chi connectivity index (χ2v) is 9.13. The molecule has 0 unspecified atom stereocenters. The summed E-state index contributed by atoms with van der Waals surface area (Å²) in [5.74, 6) is -0.471. The van der Waals surface area contributed by atoms with Crippen LogP contribution in [0.4, 0.5) is 11.4 Å². The third-order valence-corrected chi connectivity index (χ3v) is 6.76. The maximum Gasteiger partial charge on any atom is 0.338 e. The van der Waals surface area contributed by atoms with Crippen LogP contribution in [0.2, 0.25) is 0 Å². The minimum absolute atomic E-state index is 0.0204. The molecule has 1 aliphatic carbocycles. The number of amides is 2. The molecule has 1 heterocycles. The molecular formula is C28H24N2O7. The first-order chi connectivity index (χ1) is 17.9. The van der Waals surface area contributed by atoms with E-state index in [1.807, 2.05) is 0 Å². The maximum atomic E-state index is 12.9. The first-order valence-electron chi connectivity index (χ1n) is 12.1. The van der Waals surface area contributed by atoms with E-state index < -0.39 is 10.9 Å². The Bertz CT molecular complexity index is 1330. The van der Waals surface area contributed by atoms with Gasteiger partial charge in [-0.05, 0) is 60.9 Å². The number of rotatable bonds is 7. The summed E-state index contributed by atoms with van der Waals surface area (Å²) in [6.07, 6.45) is 3.35. The minimum Gasteiger partial charge on any atom is -0.457 e. The number of imide groups is 1. The van der Waals surface area contributed by atoms with Crippen molar-refractivity contribution in [3.63, 3.8) is 0 Å². The van der Waals surface area contributed by atoms with E-state index in [0.717, 1.165) is 31.2 Å². The van der Waals surface area contributed by atoms with E-state index >= 15 is 0 Å². The minimum atomic E-state index is -0.565. The van der Waals surface area contributed by atoms with Gasteiger partial charge in [-0.1, -0.05) is 31.0 Å². The van der Waals surface area contributed by atoms with Crippen molar-refractivity contribution in [2.45, 2.75) is 32.3 Å². The zero-order chi connectivity index (χ0) is 25.9. The molecule has 0 radical (unpaired) electrons. The van der Waals surface area contributed by atoms with Crippen LogP contribution in [0.1, 0.15) is 41.6 Å². The predicted molar refractivity (Wildman–Crippen MR) is 133 cm³/mol. The summed E-state index contributed by atoms with van der Waals surface area (Å²) in [6.45, 7) is 0.0204. The largest absolute Gasteiger partial charge is 0.457 e. The molecule has 1 aliphatic heterocycles. The Morgan fingerprint density at radius 1 is 0.892 bits per heavy atom. The molecule has 37 heavy (non-hydrogen) atoms. The van der Waals surface area contributed by atoms with Crippen LogP contribution in [0, 0.1) is 22.0 Å². The molecule has 2 aliphatic rings. The number of esters is 1. The van der Waals surface area contributed by atoms with Crippen LogP contribution in [-0.4, -0.2) is 22.7 Å². The van der Waals surface area contributed by atoms with Crippen molar-refractivity contribution in [2.75, 3.05) is 4.90 Å². The number of carbonyl (C=O) groups excluding carboxylic acids is 3. The Morgan fingerprint density at radius 2 is 1.49 bits per heavy atom. The Morgan fingerprint density at radius 3 is 2.08 bits per heavy atom. The topological polar surface area (TPSA) is 116 Å². The van der Waals surface area contributed by atoms with Gasteiger partial charge in [0, 0.05) is 12.1 Å². The number of non-ortho nitro benzene ring substituents is 1. The molecule has 9 nitrogen and oxygen atoms in total. The van der Waals surface area contributed by atoms with Crippen LogP contribution in [0.3, 0.4) is 0 Å². The lowest BCUT2D eigenvalue weighted by atomic mass is 9.81. The van der Waals surface area contributed by atoms with Crippen molar-refractivity contribution in [1.82, 2.24) is 0 Å². The van der Waals surface area contributed by atoms with Gasteiger partial charge < -0.3 is 9.47 Å². The SMILES string of the molecule is O=C(OCc1ccc(Oc2ccc([N+](=O)[O-])cc2)cc1)c1cccc(N2C(=O)[C@H]3CCCC[C@@H]3C2=O)c1. The third kappa shape index (κ3) is 5.06. The lowest BCUT2D eigenvalue weighted by Crippen LogP contribution is -2.31. The molecule has 0 aromatic heterocycles. The van der Waals surface area contributed by atoms with Gasteiger partial charge in [0.05, 0.1) is 28.0 Å². The van der Waals surface area contributed by atoms with E-state index in [1.165, 1.54) is 35.2 Å². The highest BCUT2D eigenvalue weighted by Crippen LogP contribution is 2.40. The number of anilines is 1. The van der Waals surface area contributed by atoms with Gasteiger partial charge in [0.25, 0.3) is 5.69 Å². The van der Waals surface area contributed by atoms with Crippen LogP contribution in [0.15, 0.2) is 72.8 Å². The highest BCUT2D eigenvalue weighted by molar-refractivity contribution is 6.22. The molecule has 2 amide bonds. The first kappa shape index (κ1) is 24.2. The smallest absolute Gasteiger partial charge is 0.338 e. The van der Waals surface area contributed by atoms with Crippen LogP contribution >= 0.6 is 0 Å². The fourth-order valence-electron chi connectivity index (χ4n) is 4.85. The van der Waals surface area contributed by atoms with Gasteiger partial charge in [-0.25, -0.2) is 4.79 Å². The number of benzene rings is 3. The Kier molecular flexibility index (Phi) is 6.68. The Labute approximate surface area is 212 Å². The molecule has 1 saturated heterocycles. The van der Waals surface area contributed by atoms with Crippen LogP contribution in [-0.2, 0) is 20.9 Å². The molecule has 0 N–H and O–H groups in total. The molecule has 2 atom stereocenters. The van der Waals surface area contributed by atoms with Gasteiger partial charge in [0.2, 0.25) is 11.8 Å². The van der Waals surface area contributed by atoms with Crippen LogP contribution in [0.25, 0.3) is 0 Å². The second kappa shape index (κ2) is 10.2. The lowest BCUT2D eigenvalue weighted by Gasteiger charge is -2.19. The van der Waals surface area contributed by atoms with E-state index in [0.29, 0.717) is 17.2 Å². The number of ether oxygens (including phenoxy) is 2. The summed E-state index contributed by atoms with van der Waals surface area (Å²) < 4.78 is 11.1. The number of hydrogen-bond donors (Lipinski definition) is 0. The predicted octanol–water partition coefficient (Wildman–Crippen LogP) is 5.42. The maximum absolute atomic E-state index is 12.9. The lowest BCUT2D eigenvalue weighted by molar-refractivity contribution is -0.384. The van der Waals surface area contributed by atoms with Gasteiger partial charge in [-0.2, -0.15) is 0 Å². The Balaban J connectivity index is 1.20.